The van der Waals surface area contributed by atoms with Gasteiger partial charge in [-0.05, 0) is 55.7 Å². The molecular weight excluding hydrogens is 304 g/mol. The van der Waals surface area contributed by atoms with E-state index in [1.807, 2.05) is 51.1 Å². The zero-order chi connectivity index (χ0) is 16.8. The fraction of sp³-hybridized carbons (Fsp3) is 0.263. The largest absolute Gasteiger partial charge is 0.325 e. The molecule has 0 aromatic heterocycles. The van der Waals surface area contributed by atoms with Crippen LogP contribution in [0.15, 0.2) is 42.5 Å². The van der Waals surface area contributed by atoms with E-state index in [1.165, 1.54) is 5.56 Å². The molecule has 0 radical (unpaired) electrons. The average molecular weight is 324 g/mol. The van der Waals surface area contributed by atoms with Crippen LogP contribution in [0.2, 0.25) is 0 Å². The number of nitrogens with one attached hydrogen (secondary N) is 1. The van der Waals surface area contributed by atoms with Crippen molar-refractivity contribution in [3.8, 4) is 6.07 Å². The molecular formula is C19H20N2OS. The summed E-state index contributed by atoms with van der Waals surface area (Å²) >= 11 is 1.59. The summed E-state index contributed by atoms with van der Waals surface area (Å²) in [5, 5.41) is 11.6. The Morgan fingerprint density at radius 2 is 1.91 bits per heavy atom. The molecule has 4 heteroatoms. The van der Waals surface area contributed by atoms with E-state index < -0.39 is 0 Å². The van der Waals surface area contributed by atoms with Crippen LogP contribution in [0.4, 0.5) is 5.69 Å². The Bertz CT molecular complexity index is 732. The van der Waals surface area contributed by atoms with Gasteiger partial charge in [0.25, 0.3) is 0 Å². The van der Waals surface area contributed by atoms with Gasteiger partial charge in [0.2, 0.25) is 5.91 Å². The fourth-order valence-electron chi connectivity index (χ4n) is 2.09. The average Bonchev–Trinajstić information content (AvgIpc) is 2.57. The summed E-state index contributed by atoms with van der Waals surface area (Å²) in [4.78, 5) is 12.3. The Labute approximate surface area is 141 Å². The van der Waals surface area contributed by atoms with Crippen LogP contribution in [-0.4, -0.2) is 11.2 Å². The van der Waals surface area contributed by atoms with Gasteiger partial charge in [-0.2, -0.15) is 5.26 Å². The van der Waals surface area contributed by atoms with Crippen LogP contribution in [0.5, 0.6) is 0 Å². The lowest BCUT2D eigenvalue weighted by molar-refractivity contribution is -0.115. The van der Waals surface area contributed by atoms with Crippen molar-refractivity contribution in [2.45, 2.75) is 31.8 Å². The van der Waals surface area contributed by atoms with Gasteiger partial charge in [0.05, 0.1) is 16.9 Å². The molecule has 0 saturated carbocycles. The lowest BCUT2D eigenvalue weighted by atomic mass is 10.1. The molecule has 2 aromatic rings. The zero-order valence-electron chi connectivity index (χ0n) is 13.6. The van der Waals surface area contributed by atoms with Crippen LogP contribution < -0.4 is 5.32 Å². The quantitative estimate of drug-likeness (QED) is 0.885. The predicted octanol–water partition coefficient (Wildman–Crippen LogP) is 4.44. The number of amides is 1. The van der Waals surface area contributed by atoms with E-state index in [2.05, 4.69) is 11.4 Å². The zero-order valence-corrected chi connectivity index (χ0v) is 14.4. The molecule has 118 valence electrons. The first-order valence-corrected chi connectivity index (χ1v) is 8.54. The number of carbonyl (C=O) groups is 1. The van der Waals surface area contributed by atoms with E-state index in [0.29, 0.717) is 5.56 Å². The summed E-state index contributed by atoms with van der Waals surface area (Å²) in [7, 11) is 0. The summed E-state index contributed by atoms with van der Waals surface area (Å²) in [6, 6.07) is 15.5. The number of hydrogen-bond acceptors (Lipinski definition) is 3. The minimum absolute atomic E-state index is 0.0114. The number of benzene rings is 2. The maximum atomic E-state index is 12.3. The summed E-state index contributed by atoms with van der Waals surface area (Å²) < 4.78 is 0. The van der Waals surface area contributed by atoms with E-state index >= 15 is 0 Å². The van der Waals surface area contributed by atoms with E-state index in [4.69, 9.17) is 5.26 Å². The number of aryl methyl sites for hydroxylation is 1. The first kappa shape index (κ1) is 17.1. The molecule has 1 amide bonds. The van der Waals surface area contributed by atoms with Gasteiger partial charge in [0, 0.05) is 11.4 Å². The number of anilines is 1. The Hall–Kier alpha value is -2.25. The second-order valence-corrected chi connectivity index (χ2v) is 6.83. The molecule has 0 bridgehead atoms. The highest BCUT2D eigenvalue weighted by Gasteiger charge is 2.14. The van der Waals surface area contributed by atoms with Crippen molar-refractivity contribution in [3.05, 3.63) is 64.7 Å². The van der Waals surface area contributed by atoms with Crippen LogP contribution in [0, 0.1) is 25.2 Å². The highest BCUT2D eigenvalue weighted by Crippen LogP contribution is 2.22. The van der Waals surface area contributed by atoms with Crippen LogP contribution in [0.3, 0.4) is 0 Å². The Kier molecular flexibility index (Phi) is 5.84. The van der Waals surface area contributed by atoms with Crippen molar-refractivity contribution in [2.75, 3.05) is 5.32 Å². The van der Waals surface area contributed by atoms with Crippen molar-refractivity contribution in [1.29, 1.82) is 5.26 Å². The van der Waals surface area contributed by atoms with E-state index in [-0.39, 0.29) is 11.2 Å². The number of carbonyl (C=O) groups excluding carboxylic acids is 1. The topological polar surface area (TPSA) is 52.9 Å². The van der Waals surface area contributed by atoms with Gasteiger partial charge in [0.1, 0.15) is 0 Å². The molecule has 1 unspecified atom stereocenters. The van der Waals surface area contributed by atoms with Gasteiger partial charge >= 0.3 is 0 Å². The molecule has 1 atom stereocenters. The van der Waals surface area contributed by atoms with Crippen LogP contribution in [0.25, 0.3) is 0 Å². The van der Waals surface area contributed by atoms with E-state index in [1.54, 1.807) is 23.9 Å². The predicted molar refractivity (Wildman–Crippen MR) is 96.5 cm³/mol. The molecule has 0 aliphatic heterocycles. The molecule has 0 fully saturated rings. The first-order valence-electron chi connectivity index (χ1n) is 7.49. The fourth-order valence-corrected chi connectivity index (χ4v) is 2.94. The number of nitrogens with zero attached hydrogens (tertiary/aromatic N) is 1. The maximum absolute atomic E-state index is 12.3. The number of hydrogen-bond donors (Lipinski definition) is 1. The number of thioether (sulfide) groups is 1. The molecule has 1 N–H and O–H groups in total. The Morgan fingerprint density at radius 1 is 1.22 bits per heavy atom. The van der Waals surface area contributed by atoms with Crippen molar-refractivity contribution >= 4 is 23.4 Å². The molecule has 2 aromatic carbocycles. The second kappa shape index (κ2) is 7.85. The van der Waals surface area contributed by atoms with Crippen LogP contribution in [-0.2, 0) is 10.5 Å². The molecule has 23 heavy (non-hydrogen) atoms. The maximum Gasteiger partial charge on any atom is 0.237 e. The molecule has 0 spiro atoms. The van der Waals surface area contributed by atoms with Crippen molar-refractivity contribution in [3.63, 3.8) is 0 Å². The normalized spacial score (nSPS) is 11.6. The number of rotatable bonds is 5. The lowest BCUT2D eigenvalue weighted by Crippen LogP contribution is -2.23. The van der Waals surface area contributed by atoms with Gasteiger partial charge in [0.15, 0.2) is 0 Å². The third kappa shape index (κ3) is 4.61. The molecule has 3 nitrogen and oxygen atoms in total. The Morgan fingerprint density at radius 3 is 2.57 bits per heavy atom. The smallest absolute Gasteiger partial charge is 0.237 e. The van der Waals surface area contributed by atoms with Crippen molar-refractivity contribution < 1.29 is 4.79 Å². The second-order valence-electron chi connectivity index (χ2n) is 5.50. The molecule has 2 rings (SSSR count). The summed E-state index contributed by atoms with van der Waals surface area (Å²) in [6.07, 6.45) is 0. The van der Waals surface area contributed by atoms with Gasteiger partial charge < -0.3 is 5.32 Å². The molecule has 0 saturated heterocycles. The minimum Gasteiger partial charge on any atom is -0.325 e. The highest BCUT2D eigenvalue weighted by atomic mass is 32.2. The first-order chi connectivity index (χ1) is 11.0. The van der Waals surface area contributed by atoms with E-state index in [9.17, 15) is 4.79 Å². The molecule has 0 heterocycles. The van der Waals surface area contributed by atoms with Crippen LogP contribution >= 0.6 is 11.8 Å². The van der Waals surface area contributed by atoms with Gasteiger partial charge in [-0.25, -0.2) is 0 Å². The third-order valence-electron chi connectivity index (χ3n) is 3.81. The van der Waals surface area contributed by atoms with E-state index in [0.717, 1.165) is 22.6 Å². The highest BCUT2D eigenvalue weighted by molar-refractivity contribution is 7.99. The Balaban J connectivity index is 1.92. The summed E-state index contributed by atoms with van der Waals surface area (Å²) in [5.41, 5.74) is 4.91. The monoisotopic (exact) mass is 324 g/mol. The standard InChI is InChI=1S/C19H20N2OS/c1-13-5-4-6-18(14(13)2)21-19(22)15(3)23-12-17-9-7-16(11-20)8-10-17/h4-10,15H,12H2,1-3H3,(H,21,22). The molecule has 0 aliphatic rings. The van der Waals surface area contributed by atoms with Crippen LogP contribution in [0.1, 0.15) is 29.2 Å². The summed E-state index contributed by atoms with van der Waals surface area (Å²) in [6.45, 7) is 5.96. The summed E-state index contributed by atoms with van der Waals surface area (Å²) in [5.74, 6) is 0.755. The van der Waals surface area contributed by atoms with Crippen molar-refractivity contribution in [2.24, 2.45) is 0 Å². The van der Waals surface area contributed by atoms with Gasteiger partial charge in [-0.15, -0.1) is 11.8 Å². The third-order valence-corrected chi connectivity index (χ3v) is 5.03. The van der Waals surface area contributed by atoms with Crippen molar-refractivity contribution in [1.82, 2.24) is 0 Å². The lowest BCUT2D eigenvalue weighted by Gasteiger charge is -2.14. The molecule has 0 aliphatic carbocycles. The minimum atomic E-state index is -0.148. The van der Waals surface area contributed by atoms with Gasteiger partial charge in [-0.3, -0.25) is 4.79 Å². The SMILES string of the molecule is Cc1cccc(NC(=O)C(C)SCc2ccc(C#N)cc2)c1C. The number of nitriles is 1. The van der Waals surface area contributed by atoms with Gasteiger partial charge in [-0.1, -0.05) is 24.3 Å².